The average Bonchev–Trinajstić information content (AvgIpc) is 3.22. The van der Waals surface area contributed by atoms with Crippen LogP contribution in [0.3, 0.4) is 0 Å². The number of benzene rings is 1. The molecule has 2 saturated carbocycles. The topological polar surface area (TPSA) is 184 Å². The van der Waals surface area contributed by atoms with E-state index in [2.05, 4.69) is 0 Å². The number of esters is 4. The molecule has 0 aromatic heterocycles. The number of hydrogen-bond donors (Lipinski definition) is 3. The van der Waals surface area contributed by atoms with Gasteiger partial charge in [0.1, 0.15) is 17.8 Å². The van der Waals surface area contributed by atoms with Crippen molar-refractivity contribution in [3.8, 4) is 0 Å². The zero-order valence-corrected chi connectivity index (χ0v) is 29.5. The summed E-state index contributed by atoms with van der Waals surface area (Å²) in [5, 5.41) is 36.9. The van der Waals surface area contributed by atoms with Gasteiger partial charge in [-0.2, -0.15) is 0 Å². The van der Waals surface area contributed by atoms with E-state index in [0.29, 0.717) is 0 Å². The van der Waals surface area contributed by atoms with E-state index in [1.54, 1.807) is 45.9 Å². The highest BCUT2D eigenvalue weighted by Gasteiger charge is 2.78. The zero-order chi connectivity index (χ0) is 36.5. The standard InChI is InChI=1S/C36H48O13/c1-18-23(40)16-35(32(5,6)42)26(18)27(48-31(41)22-13-11-10-12-14-22)29(46-20(3)38)34(9)24(45-19(2)37)15-25-36(43,17-44-33(7,8)49-25)28(34)30(35)47-21(4)39/h10-14,23-25,27-30,40,42-43H,15-17H2,1-9H3/t23-,24-,25-,27+,28-,29-,30-,34+,35-,36-/m1/s1. The van der Waals surface area contributed by atoms with Crippen LogP contribution in [0.5, 0.6) is 0 Å². The summed E-state index contributed by atoms with van der Waals surface area (Å²) in [7, 11) is 0. The van der Waals surface area contributed by atoms with Gasteiger partial charge in [0.05, 0.1) is 40.8 Å². The summed E-state index contributed by atoms with van der Waals surface area (Å²) < 4.78 is 37.0. The molecule has 4 aliphatic rings. The molecule has 0 unspecified atom stereocenters. The van der Waals surface area contributed by atoms with Gasteiger partial charge in [-0.05, 0) is 64.3 Å². The smallest absolute Gasteiger partial charge is 0.338 e. The van der Waals surface area contributed by atoms with Crippen molar-refractivity contribution in [1.29, 1.82) is 0 Å². The third-order valence-electron chi connectivity index (χ3n) is 11.1. The molecular formula is C36H48O13. The number of ether oxygens (including phenoxy) is 6. The van der Waals surface area contributed by atoms with Gasteiger partial charge in [0.15, 0.2) is 18.0 Å². The highest BCUT2D eigenvalue weighted by atomic mass is 16.7. The number of rotatable bonds is 6. The molecule has 3 N–H and O–H groups in total. The van der Waals surface area contributed by atoms with Crippen LogP contribution in [0.25, 0.3) is 0 Å². The molecule has 1 aromatic rings. The van der Waals surface area contributed by atoms with E-state index in [0.717, 1.165) is 6.92 Å². The van der Waals surface area contributed by atoms with Crippen LogP contribution < -0.4 is 0 Å². The number of aliphatic hydroxyl groups is 3. The molecule has 13 heteroatoms. The summed E-state index contributed by atoms with van der Waals surface area (Å²) in [6, 6.07) is 8.08. The fourth-order valence-corrected chi connectivity index (χ4v) is 9.04. The Morgan fingerprint density at radius 3 is 2.02 bits per heavy atom. The van der Waals surface area contributed by atoms with Crippen LogP contribution in [0.2, 0.25) is 0 Å². The van der Waals surface area contributed by atoms with Gasteiger partial charge in [-0.3, -0.25) is 14.4 Å². The maximum Gasteiger partial charge on any atom is 0.338 e. The van der Waals surface area contributed by atoms with E-state index in [1.807, 2.05) is 0 Å². The van der Waals surface area contributed by atoms with Crippen molar-refractivity contribution in [2.45, 2.75) is 129 Å². The lowest BCUT2D eigenvalue weighted by Gasteiger charge is -2.63. The van der Waals surface area contributed by atoms with Crippen LogP contribution in [-0.4, -0.2) is 99.4 Å². The molecule has 3 fully saturated rings. The summed E-state index contributed by atoms with van der Waals surface area (Å²) in [5.41, 5.74) is -6.80. The van der Waals surface area contributed by atoms with Gasteiger partial charge in [-0.1, -0.05) is 25.1 Å². The number of carbonyl (C=O) groups excluding carboxylic acids is 4. The molecule has 0 spiro atoms. The summed E-state index contributed by atoms with van der Waals surface area (Å²) >= 11 is 0. The predicted octanol–water partition coefficient (Wildman–Crippen LogP) is 2.77. The molecule has 1 aliphatic heterocycles. The van der Waals surface area contributed by atoms with Crippen LogP contribution >= 0.6 is 0 Å². The van der Waals surface area contributed by atoms with Crippen molar-refractivity contribution in [1.82, 2.24) is 0 Å². The molecule has 0 amide bonds. The Morgan fingerprint density at radius 1 is 0.898 bits per heavy atom. The summed E-state index contributed by atoms with van der Waals surface area (Å²) in [6.45, 7) is 12.6. The van der Waals surface area contributed by atoms with Crippen LogP contribution in [0, 0.1) is 16.7 Å². The molecule has 1 saturated heterocycles. The molecule has 13 nitrogen and oxygen atoms in total. The lowest BCUT2D eigenvalue weighted by atomic mass is 9.50. The van der Waals surface area contributed by atoms with E-state index < -0.39 is 94.2 Å². The highest BCUT2D eigenvalue weighted by Crippen LogP contribution is 2.67. The molecule has 1 aromatic carbocycles. The average molecular weight is 689 g/mol. The minimum absolute atomic E-state index is 0.115. The number of fused-ring (bicyclic) bond motifs is 4. The van der Waals surface area contributed by atoms with Gasteiger partial charge in [0.25, 0.3) is 0 Å². The first-order valence-corrected chi connectivity index (χ1v) is 16.5. The van der Waals surface area contributed by atoms with E-state index in [9.17, 15) is 34.5 Å². The predicted molar refractivity (Wildman–Crippen MR) is 170 cm³/mol. The summed E-state index contributed by atoms with van der Waals surface area (Å²) in [6.07, 6.45) is -8.48. The fraction of sp³-hybridized carbons (Fsp3) is 0.667. The Kier molecular flexibility index (Phi) is 9.38. The molecule has 49 heavy (non-hydrogen) atoms. The molecule has 1 heterocycles. The fourth-order valence-electron chi connectivity index (χ4n) is 9.04. The van der Waals surface area contributed by atoms with Crippen molar-refractivity contribution >= 4 is 23.9 Å². The van der Waals surface area contributed by atoms with Gasteiger partial charge in [0.2, 0.25) is 0 Å². The Hall–Kier alpha value is -3.36. The van der Waals surface area contributed by atoms with Gasteiger partial charge in [-0.25, -0.2) is 4.79 Å². The van der Waals surface area contributed by atoms with Crippen molar-refractivity contribution in [3.05, 3.63) is 47.0 Å². The minimum atomic E-state index is -2.04. The maximum atomic E-state index is 14.0. The Labute approximate surface area is 285 Å². The quantitative estimate of drug-likeness (QED) is 0.225. The van der Waals surface area contributed by atoms with E-state index in [4.69, 9.17) is 28.4 Å². The van der Waals surface area contributed by atoms with E-state index >= 15 is 0 Å². The third-order valence-corrected chi connectivity index (χ3v) is 11.1. The number of hydrogen-bond acceptors (Lipinski definition) is 13. The normalized spacial score (nSPS) is 38.2. The zero-order valence-electron chi connectivity index (χ0n) is 29.5. The molecule has 270 valence electrons. The number of carbonyl (C=O) groups is 4. The van der Waals surface area contributed by atoms with E-state index in [1.165, 1.54) is 39.8 Å². The van der Waals surface area contributed by atoms with Crippen LogP contribution in [0.15, 0.2) is 41.5 Å². The van der Waals surface area contributed by atoms with Gasteiger partial charge < -0.3 is 43.7 Å². The lowest BCUT2D eigenvalue weighted by molar-refractivity contribution is -0.385. The molecule has 5 rings (SSSR count). The Morgan fingerprint density at radius 2 is 1.47 bits per heavy atom. The summed E-state index contributed by atoms with van der Waals surface area (Å²) in [5.74, 6) is -5.68. The molecular weight excluding hydrogens is 640 g/mol. The van der Waals surface area contributed by atoms with Crippen molar-refractivity contribution in [2.75, 3.05) is 6.61 Å². The first-order chi connectivity index (χ1) is 22.6. The first-order valence-electron chi connectivity index (χ1n) is 16.5. The molecule has 10 atom stereocenters. The second-order valence-electron chi connectivity index (χ2n) is 15.1. The minimum Gasteiger partial charge on any atom is -0.462 e. The van der Waals surface area contributed by atoms with Gasteiger partial charge in [-0.15, -0.1) is 0 Å². The van der Waals surface area contributed by atoms with Crippen LogP contribution in [0.4, 0.5) is 0 Å². The first kappa shape index (κ1) is 36.9. The van der Waals surface area contributed by atoms with E-state index in [-0.39, 0.29) is 36.2 Å². The summed E-state index contributed by atoms with van der Waals surface area (Å²) in [4.78, 5) is 53.1. The Balaban J connectivity index is 1.93. The SMILES string of the molecule is CC(=O)O[C@@H]1[C@@H](OC(=O)c2ccccc2)C2=C(C)[C@H](O)C[C@]2(C(C)(C)O)[C@H](OC(C)=O)[C@H]2[C@@]3(O)COC(C)(C)O[C@@H]3C[C@@H](OC(C)=O)[C@]12C. The second-order valence-corrected chi connectivity index (χ2v) is 15.1. The second kappa shape index (κ2) is 12.4. The van der Waals surface area contributed by atoms with Gasteiger partial charge >= 0.3 is 23.9 Å². The largest absolute Gasteiger partial charge is 0.462 e. The van der Waals surface area contributed by atoms with Gasteiger partial charge in [0, 0.05) is 33.1 Å². The molecule has 0 bridgehead atoms. The van der Waals surface area contributed by atoms with Crippen molar-refractivity contribution in [3.63, 3.8) is 0 Å². The monoisotopic (exact) mass is 688 g/mol. The number of aliphatic hydroxyl groups excluding tert-OH is 1. The highest BCUT2D eigenvalue weighted by molar-refractivity contribution is 5.89. The molecule has 3 aliphatic carbocycles. The van der Waals surface area contributed by atoms with Crippen molar-refractivity contribution < 1.29 is 62.9 Å². The van der Waals surface area contributed by atoms with Crippen LogP contribution in [-0.2, 0) is 42.8 Å². The maximum absolute atomic E-state index is 14.0. The molecule has 0 radical (unpaired) electrons. The third kappa shape index (κ3) is 5.97. The van der Waals surface area contributed by atoms with Crippen molar-refractivity contribution in [2.24, 2.45) is 16.7 Å². The Bertz CT molecular complexity index is 1530. The lowest BCUT2D eigenvalue weighted by Crippen LogP contribution is -2.76. The van der Waals surface area contributed by atoms with Crippen LogP contribution in [0.1, 0.15) is 85.5 Å².